The minimum absolute atomic E-state index is 0.251. The van der Waals surface area contributed by atoms with E-state index in [2.05, 4.69) is 0 Å². The highest BCUT2D eigenvalue weighted by Crippen LogP contribution is 2.35. The van der Waals surface area contributed by atoms with Crippen molar-refractivity contribution in [2.45, 2.75) is 19.3 Å². The molecule has 80 valence electrons. The van der Waals surface area contributed by atoms with Gasteiger partial charge in [-0.05, 0) is 24.8 Å². The number of phenolic OH excluding ortho intramolecular Hbond substituents is 1. The summed E-state index contributed by atoms with van der Waals surface area (Å²) in [6, 6.07) is 1.44. The predicted molar refractivity (Wildman–Crippen MR) is 49.7 cm³/mol. The highest BCUT2D eigenvalue weighted by molar-refractivity contribution is 5.98. The maximum Gasteiger partial charge on any atom is 0.168 e. The number of aromatic hydroxyl groups is 1. The molecule has 0 aromatic heterocycles. The molecule has 0 saturated heterocycles. The zero-order valence-corrected chi connectivity index (χ0v) is 7.96. The van der Waals surface area contributed by atoms with Crippen LogP contribution in [0.2, 0.25) is 0 Å². The van der Waals surface area contributed by atoms with Gasteiger partial charge in [0, 0.05) is 12.5 Å². The van der Waals surface area contributed by atoms with Gasteiger partial charge in [-0.25, -0.2) is 8.78 Å². The highest BCUT2D eigenvalue weighted by atomic mass is 19.1. The normalized spacial score (nSPS) is 15.3. The molecule has 0 unspecified atom stereocenters. The van der Waals surface area contributed by atoms with Crippen LogP contribution in [0, 0.1) is 17.6 Å². The van der Waals surface area contributed by atoms with Crippen molar-refractivity contribution in [1.29, 1.82) is 0 Å². The number of hydrogen-bond donors (Lipinski definition) is 1. The summed E-state index contributed by atoms with van der Waals surface area (Å²) in [5.74, 6) is -2.75. The van der Waals surface area contributed by atoms with E-state index in [1.165, 1.54) is 0 Å². The molecule has 1 aliphatic carbocycles. The standard InChI is InChI=1S/C11H10F2O2/c12-7-4-8(11(15)9(13)5-7)10(14)3-6-1-2-6/h4-6,15H,1-3H2. The minimum Gasteiger partial charge on any atom is -0.504 e. The molecule has 0 bridgehead atoms. The van der Waals surface area contributed by atoms with E-state index in [1.54, 1.807) is 0 Å². The number of halogens is 2. The Labute approximate surface area is 85.5 Å². The second-order valence-corrected chi connectivity index (χ2v) is 3.85. The Bertz CT molecular complexity index is 411. The number of carbonyl (C=O) groups excluding carboxylic acids is 1. The summed E-state index contributed by atoms with van der Waals surface area (Å²) in [6.07, 6.45) is 2.21. The SMILES string of the molecule is O=C(CC1CC1)c1cc(F)cc(F)c1O. The first-order valence-corrected chi connectivity index (χ1v) is 4.79. The van der Waals surface area contributed by atoms with Crippen molar-refractivity contribution in [3.05, 3.63) is 29.3 Å². The molecule has 0 atom stereocenters. The summed E-state index contributed by atoms with van der Waals surface area (Å²) in [6.45, 7) is 0. The first-order valence-electron chi connectivity index (χ1n) is 4.79. The Balaban J connectivity index is 2.28. The van der Waals surface area contributed by atoms with E-state index in [0.717, 1.165) is 18.9 Å². The van der Waals surface area contributed by atoms with E-state index in [1.807, 2.05) is 0 Å². The van der Waals surface area contributed by atoms with Crippen LogP contribution in [0.15, 0.2) is 12.1 Å². The van der Waals surface area contributed by atoms with Crippen LogP contribution in [0.25, 0.3) is 0 Å². The second-order valence-electron chi connectivity index (χ2n) is 3.85. The van der Waals surface area contributed by atoms with Gasteiger partial charge in [-0.1, -0.05) is 0 Å². The molecule has 0 aliphatic heterocycles. The van der Waals surface area contributed by atoms with Gasteiger partial charge in [-0.3, -0.25) is 4.79 Å². The summed E-state index contributed by atoms with van der Waals surface area (Å²) >= 11 is 0. The third-order valence-electron chi connectivity index (χ3n) is 2.50. The number of benzene rings is 1. The largest absolute Gasteiger partial charge is 0.504 e. The maximum atomic E-state index is 12.9. The first-order chi connectivity index (χ1) is 7.08. The predicted octanol–water partition coefficient (Wildman–Crippen LogP) is 2.65. The lowest BCUT2D eigenvalue weighted by Crippen LogP contribution is -2.02. The van der Waals surface area contributed by atoms with Gasteiger partial charge in [0.1, 0.15) is 5.82 Å². The lowest BCUT2D eigenvalue weighted by Gasteiger charge is -2.04. The van der Waals surface area contributed by atoms with E-state index in [0.29, 0.717) is 12.0 Å². The Hall–Kier alpha value is -1.45. The van der Waals surface area contributed by atoms with Crippen LogP contribution in [0.1, 0.15) is 29.6 Å². The molecule has 1 fully saturated rings. The monoisotopic (exact) mass is 212 g/mol. The molecule has 0 spiro atoms. The second kappa shape index (κ2) is 3.61. The van der Waals surface area contributed by atoms with E-state index >= 15 is 0 Å². The highest BCUT2D eigenvalue weighted by Gasteiger charge is 2.27. The number of hydrogen-bond acceptors (Lipinski definition) is 2. The minimum atomic E-state index is -1.09. The molecular formula is C11H10F2O2. The molecule has 0 amide bonds. The van der Waals surface area contributed by atoms with Crippen molar-refractivity contribution < 1.29 is 18.7 Å². The first kappa shape index (κ1) is 10.1. The lowest BCUT2D eigenvalue weighted by atomic mass is 10.0. The van der Waals surface area contributed by atoms with Gasteiger partial charge in [0.25, 0.3) is 0 Å². The summed E-state index contributed by atoms with van der Waals surface area (Å²) in [5.41, 5.74) is -0.251. The van der Waals surface area contributed by atoms with Gasteiger partial charge in [0.2, 0.25) is 0 Å². The molecule has 15 heavy (non-hydrogen) atoms. The number of rotatable bonds is 3. The van der Waals surface area contributed by atoms with Crippen LogP contribution in [0.3, 0.4) is 0 Å². The topological polar surface area (TPSA) is 37.3 Å². The van der Waals surface area contributed by atoms with Crippen molar-refractivity contribution in [3.63, 3.8) is 0 Å². The average molecular weight is 212 g/mol. The van der Waals surface area contributed by atoms with Crippen LogP contribution < -0.4 is 0 Å². The molecular weight excluding hydrogens is 202 g/mol. The fourth-order valence-corrected chi connectivity index (χ4v) is 1.47. The summed E-state index contributed by atoms with van der Waals surface area (Å²) < 4.78 is 25.7. The van der Waals surface area contributed by atoms with E-state index in [-0.39, 0.29) is 12.0 Å². The molecule has 1 aromatic carbocycles. The summed E-state index contributed by atoms with van der Waals surface area (Å²) in [4.78, 5) is 11.5. The molecule has 4 heteroatoms. The van der Waals surface area contributed by atoms with E-state index in [4.69, 9.17) is 0 Å². The molecule has 1 aliphatic rings. The Morgan fingerprint density at radius 1 is 1.40 bits per heavy atom. The Kier molecular flexibility index (Phi) is 2.42. The number of ketones is 1. The van der Waals surface area contributed by atoms with Crippen molar-refractivity contribution in [1.82, 2.24) is 0 Å². The quantitative estimate of drug-likeness (QED) is 0.782. The summed E-state index contributed by atoms with van der Waals surface area (Å²) in [7, 11) is 0. The fraction of sp³-hybridized carbons (Fsp3) is 0.364. The van der Waals surface area contributed by atoms with Crippen molar-refractivity contribution in [3.8, 4) is 5.75 Å². The zero-order chi connectivity index (χ0) is 11.0. The third kappa shape index (κ3) is 2.14. The average Bonchev–Trinajstić information content (AvgIpc) is 2.94. The molecule has 2 rings (SSSR count). The Morgan fingerprint density at radius 3 is 2.67 bits per heavy atom. The van der Waals surface area contributed by atoms with Crippen LogP contribution >= 0.6 is 0 Å². The van der Waals surface area contributed by atoms with Crippen molar-refractivity contribution >= 4 is 5.78 Å². The van der Waals surface area contributed by atoms with Gasteiger partial charge in [-0.2, -0.15) is 0 Å². The molecule has 1 aromatic rings. The maximum absolute atomic E-state index is 12.9. The molecule has 1 saturated carbocycles. The number of phenols is 1. The molecule has 0 radical (unpaired) electrons. The van der Waals surface area contributed by atoms with Crippen LogP contribution in [0.4, 0.5) is 8.78 Å². The van der Waals surface area contributed by atoms with Gasteiger partial charge in [0.15, 0.2) is 17.3 Å². The van der Waals surface area contributed by atoms with Crippen molar-refractivity contribution in [2.75, 3.05) is 0 Å². The van der Waals surface area contributed by atoms with E-state index < -0.39 is 23.2 Å². The van der Waals surface area contributed by atoms with Gasteiger partial charge >= 0.3 is 0 Å². The zero-order valence-electron chi connectivity index (χ0n) is 7.96. The van der Waals surface area contributed by atoms with Gasteiger partial charge in [0.05, 0.1) is 5.56 Å². The lowest BCUT2D eigenvalue weighted by molar-refractivity contribution is 0.0972. The fourth-order valence-electron chi connectivity index (χ4n) is 1.47. The molecule has 0 heterocycles. The van der Waals surface area contributed by atoms with Crippen LogP contribution in [0.5, 0.6) is 5.75 Å². The van der Waals surface area contributed by atoms with Crippen LogP contribution in [-0.4, -0.2) is 10.9 Å². The Morgan fingerprint density at radius 2 is 2.07 bits per heavy atom. The van der Waals surface area contributed by atoms with Crippen molar-refractivity contribution in [2.24, 2.45) is 5.92 Å². The summed E-state index contributed by atoms with van der Waals surface area (Å²) in [5, 5.41) is 9.26. The molecule has 2 nitrogen and oxygen atoms in total. The van der Waals surface area contributed by atoms with Gasteiger partial charge in [-0.15, -0.1) is 0 Å². The molecule has 1 N–H and O–H groups in total. The smallest absolute Gasteiger partial charge is 0.168 e. The van der Waals surface area contributed by atoms with E-state index in [9.17, 15) is 18.7 Å². The van der Waals surface area contributed by atoms with Gasteiger partial charge < -0.3 is 5.11 Å². The van der Waals surface area contributed by atoms with Crippen LogP contribution in [-0.2, 0) is 0 Å². The third-order valence-corrected chi connectivity index (χ3v) is 2.50. The number of carbonyl (C=O) groups is 1. The number of Topliss-reactive ketones (excluding diaryl/α,β-unsaturated/α-hetero) is 1.